The van der Waals surface area contributed by atoms with Crippen molar-refractivity contribution in [3.63, 3.8) is 0 Å². The maximum absolute atomic E-state index is 11.1. The molecule has 6 nitrogen and oxygen atoms in total. The molecule has 2 unspecified atom stereocenters. The fourth-order valence-electron chi connectivity index (χ4n) is 2.53. The first-order valence-electron chi connectivity index (χ1n) is 6.12. The van der Waals surface area contributed by atoms with Crippen LogP contribution in [0, 0.1) is 28.9 Å². The average molecular weight is 264 g/mol. The van der Waals surface area contributed by atoms with E-state index in [9.17, 15) is 14.9 Å². The fourth-order valence-corrected chi connectivity index (χ4v) is 2.53. The van der Waals surface area contributed by atoms with Gasteiger partial charge in [-0.2, -0.15) is 0 Å². The highest BCUT2D eigenvalue weighted by Crippen LogP contribution is 2.31. The van der Waals surface area contributed by atoms with Crippen LogP contribution in [0.1, 0.15) is 12.5 Å². The summed E-state index contributed by atoms with van der Waals surface area (Å²) >= 11 is 0. The zero-order valence-corrected chi connectivity index (χ0v) is 10.9. The molecular formula is C13H16N2O4. The monoisotopic (exact) mass is 264 g/mol. The highest BCUT2D eigenvalue weighted by Gasteiger charge is 2.35. The summed E-state index contributed by atoms with van der Waals surface area (Å²) in [6.07, 6.45) is 0. The van der Waals surface area contributed by atoms with Crippen LogP contribution in [-0.4, -0.2) is 29.1 Å². The number of nitro groups is 1. The normalized spacial score (nSPS) is 22.5. The summed E-state index contributed by atoms with van der Waals surface area (Å²) in [5, 5.41) is 20.0. The van der Waals surface area contributed by atoms with Gasteiger partial charge in [0.15, 0.2) is 0 Å². The second kappa shape index (κ2) is 4.87. The molecule has 1 aliphatic heterocycles. The lowest BCUT2D eigenvalue weighted by molar-refractivity contribution is -0.384. The number of carboxylic acid groups (broad SMARTS) is 1. The highest BCUT2D eigenvalue weighted by atomic mass is 16.6. The van der Waals surface area contributed by atoms with E-state index in [4.69, 9.17) is 5.11 Å². The van der Waals surface area contributed by atoms with Crippen molar-refractivity contribution in [1.29, 1.82) is 0 Å². The zero-order valence-electron chi connectivity index (χ0n) is 10.9. The lowest BCUT2D eigenvalue weighted by Gasteiger charge is -2.18. The Morgan fingerprint density at radius 3 is 2.63 bits per heavy atom. The molecule has 2 atom stereocenters. The van der Waals surface area contributed by atoms with Gasteiger partial charge in [0.1, 0.15) is 0 Å². The van der Waals surface area contributed by atoms with Crippen molar-refractivity contribution in [2.45, 2.75) is 13.8 Å². The molecule has 19 heavy (non-hydrogen) atoms. The Labute approximate surface area is 110 Å². The molecule has 0 saturated carbocycles. The third kappa shape index (κ3) is 2.67. The quantitative estimate of drug-likeness (QED) is 0.667. The van der Waals surface area contributed by atoms with E-state index in [2.05, 4.69) is 0 Å². The van der Waals surface area contributed by atoms with Crippen molar-refractivity contribution in [1.82, 2.24) is 0 Å². The number of hydrogen-bond acceptors (Lipinski definition) is 4. The zero-order chi connectivity index (χ0) is 14.2. The first kappa shape index (κ1) is 13.3. The van der Waals surface area contributed by atoms with Crippen molar-refractivity contribution in [2.75, 3.05) is 18.0 Å². The van der Waals surface area contributed by atoms with Crippen LogP contribution in [-0.2, 0) is 4.79 Å². The highest BCUT2D eigenvalue weighted by molar-refractivity contribution is 5.73. The van der Waals surface area contributed by atoms with Crippen molar-refractivity contribution in [2.24, 2.45) is 11.8 Å². The number of anilines is 1. The third-order valence-corrected chi connectivity index (χ3v) is 3.55. The second-order valence-corrected chi connectivity index (χ2v) is 5.11. The Hall–Kier alpha value is -2.11. The topological polar surface area (TPSA) is 83.7 Å². The van der Waals surface area contributed by atoms with Crippen LogP contribution in [0.5, 0.6) is 0 Å². The Balaban J connectivity index is 2.28. The number of rotatable bonds is 3. The van der Waals surface area contributed by atoms with Gasteiger partial charge in [-0.1, -0.05) is 6.92 Å². The van der Waals surface area contributed by atoms with Crippen LogP contribution in [0.3, 0.4) is 0 Å². The van der Waals surface area contributed by atoms with Crippen LogP contribution in [0.15, 0.2) is 18.2 Å². The fraction of sp³-hybridized carbons (Fsp3) is 0.462. The molecule has 0 spiro atoms. The molecule has 1 aromatic rings. The van der Waals surface area contributed by atoms with Crippen molar-refractivity contribution in [3.8, 4) is 0 Å². The summed E-state index contributed by atoms with van der Waals surface area (Å²) in [4.78, 5) is 23.4. The molecule has 1 N–H and O–H groups in total. The number of non-ortho nitro benzene ring substituents is 1. The van der Waals surface area contributed by atoms with Gasteiger partial charge in [0, 0.05) is 30.9 Å². The van der Waals surface area contributed by atoms with E-state index in [1.165, 1.54) is 12.1 Å². The van der Waals surface area contributed by atoms with Gasteiger partial charge < -0.3 is 10.0 Å². The molecule has 1 fully saturated rings. The molecule has 102 valence electrons. The molecule has 1 heterocycles. The lowest BCUT2D eigenvalue weighted by atomic mass is 9.99. The Morgan fingerprint density at radius 2 is 2.11 bits per heavy atom. The van der Waals surface area contributed by atoms with E-state index in [1.54, 1.807) is 6.92 Å². The first-order chi connectivity index (χ1) is 8.88. The number of carbonyl (C=O) groups is 1. The van der Waals surface area contributed by atoms with Crippen LogP contribution >= 0.6 is 0 Å². The largest absolute Gasteiger partial charge is 0.481 e. The van der Waals surface area contributed by atoms with E-state index in [0.717, 1.165) is 11.3 Å². The van der Waals surface area contributed by atoms with Gasteiger partial charge in [-0.05, 0) is 24.5 Å². The Kier molecular flexibility index (Phi) is 3.42. The molecule has 0 radical (unpaired) electrons. The minimum Gasteiger partial charge on any atom is -0.481 e. The summed E-state index contributed by atoms with van der Waals surface area (Å²) < 4.78 is 0. The summed E-state index contributed by atoms with van der Waals surface area (Å²) in [6, 6.07) is 4.87. The number of carboxylic acids is 1. The average Bonchev–Trinajstić information content (AvgIpc) is 2.70. The third-order valence-electron chi connectivity index (χ3n) is 3.55. The van der Waals surface area contributed by atoms with E-state index in [-0.39, 0.29) is 11.6 Å². The maximum Gasteiger partial charge on any atom is 0.308 e. The molecule has 0 aromatic heterocycles. The number of aliphatic carboxylic acids is 1. The molecular weight excluding hydrogens is 248 g/mol. The Bertz CT molecular complexity index is 529. The molecule has 2 rings (SSSR count). The van der Waals surface area contributed by atoms with Gasteiger partial charge >= 0.3 is 5.97 Å². The summed E-state index contributed by atoms with van der Waals surface area (Å²) in [6.45, 7) is 4.70. The molecule has 1 aromatic carbocycles. The maximum atomic E-state index is 11.1. The predicted octanol–water partition coefficient (Wildman–Crippen LogP) is 2.06. The number of nitrogens with zero attached hydrogens (tertiary/aromatic N) is 2. The number of aryl methyl sites for hydroxylation is 1. The van der Waals surface area contributed by atoms with Crippen molar-refractivity contribution >= 4 is 17.3 Å². The minimum absolute atomic E-state index is 0.0390. The first-order valence-corrected chi connectivity index (χ1v) is 6.12. The van der Waals surface area contributed by atoms with E-state index in [1.807, 2.05) is 17.9 Å². The SMILES string of the molecule is Cc1cc(N2CC(C)C(C(=O)O)C2)cc([N+](=O)[O-])c1. The van der Waals surface area contributed by atoms with Crippen LogP contribution < -0.4 is 4.90 Å². The van der Waals surface area contributed by atoms with Gasteiger partial charge in [0.2, 0.25) is 0 Å². The summed E-state index contributed by atoms with van der Waals surface area (Å²) in [5.41, 5.74) is 1.57. The van der Waals surface area contributed by atoms with Gasteiger partial charge in [-0.15, -0.1) is 0 Å². The van der Waals surface area contributed by atoms with Crippen LogP contribution in [0.4, 0.5) is 11.4 Å². The number of hydrogen-bond donors (Lipinski definition) is 1. The van der Waals surface area contributed by atoms with Crippen LogP contribution in [0.2, 0.25) is 0 Å². The van der Waals surface area contributed by atoms with Gasteiger partial charge in [0.05, 0.1) is 10.8 Å². The van der Waals surface area contributed by atoms with Crippen molar-refractivity contribution in [3.05, 3.63) is 33.9 Å². The smallest absolute Gasteiger partial charge is 0.308 e. The molecule has 1 saturated heterocycles. The molecule has 1 aliphatic rings. The van der Waals surface area contributed by atoms with Gasteiger partial charge in [-0.3, -0.25) is 14.9 Å². The standard InChI is InChI=1S/C13H16N2O4/c1-8-3-10(5-11(4-8)15(18)19)14-6-9(2)12(7-14)13(16)17/h3-5,9,12H,6-7H2,1-2H3,(H,16,17). The van der Waals surface area contributed by atoms with Crippen LogP contribution in [0.25, 0.3) is 0 Å². The lowest BCUT2D eigenvalue weighted by Crippen LogP contribution is -2.23. The number of benzene rings is 1. The molecule has 6 heteroatoms. The van der Waals surface area contributed by atoms with Gasteiger partial charge in [-0.25, -0.2) is 0 Å². The van der Waals surface area contributed by atoms with E-state index < -0.39 is 16.8 Å². The predicted molar refractivity (Wildman–Crippen MR) is 70.3 cm³/mol. The molecule has 0 amide bonds. The van der Waals surface area contributed by atoms with Gasteiger partial charge in [0.25, 0.3) is 5.69 Å². The van der Waals surface area contributed by atoms with E-state index >= 15 is 0 Å². The summed E-state index contributed by atoms with van der Waals surface area (Å²) in [5.74, 6) is -1.19. The molecule has 0 bridgehead atoms. The minimum atomic E-state index is -0.808. The Morgan fingerprint density at radius 1 is 1.42 bits per heavy atom. The molecule has 0 aliphatic carbocycles. The van der Waals surface area contributed by atoms with Crippen molar-refractivity contribution < 1.29 is 14.8 Å². The number of nitro benzene ring substituents is 1. The second-order valence-electron chi connectivity index (χ2n) is 5.11. The van der Waals surface area contributed by atoms with E-state index in [0.29, 0.717) is 13.1 Å². The summed E-state index contributed by atoms with van der Waals surface area (Å²) in [7, 11) is 0.